The fourth-order valence-corrected chi connectivity index (χ4v) is 4.80. The van der Waals surface area contributed by atoms with Crippen LogP contribution in [0.3, 0.4) is 0 Å². The van der Waals surface area contributed by atoms with Crippen LogP contribution in [0.5, 0.6) is 0 Å². The molecular weight excluding hydrogens is 398 g/mol. The van der Waals surface area contributed by atoms with Gasteiger partial charge in [-0.05, 0) is 29.0 Å². The first-order valence-electron chi connectivity index (χ1n) is 8.05. The molecule has 134 valence electrons. The number of thiazole rings is 1. The second-order valence-electron chi connectivity index (χ2n) is 5.55. The summed E-state index contributed by atoms with van der Waals surface area (Å²) in [5, 5.41) is 6.62. The second kappa shape index (κ2) is 7.96. The second-order valence-corrected chi connectivity index (χ2v) is 8.30. The third-order valence-electron chi connectivity index (χ3n) is 3.77. The van der Waals surface area contributed by atoms with Crippen LogP contribution < -0.4 is 0 Å². The molecule has 0 saturated carbocycles. The standard InChI is InChI=1S/C20H13NO3S3/c22-18(16-7-3-9-25-16)14-5-1-2-6-15(14)20(23)24-11-13-12-27-19(21-13)17-8-4-10-26-17/h1-10,12H,11H2. The van der Waals surface area contributed by atoms with E-state index in [4.69, 9.17) is 4.74 Å². The summed E-state index contributed by atoms with van der Waals surface area (Å²) in [6, 6.07) is 14.3. The lowest BCUT2D eigenvalue weighted by molar-refractivity contribution is 0.0466. The van der Waals surface area contributed by atoms with Gasteiger partial charge in [-0.1, -0.05) is 30.3 Å². The lowest BCUT2D eigenvalue weighted by Gasteiger charge is -2.07. The predicted octanol–water partition coefficient (Wildman–Crippen LogP) is 5.52. The van der Waals surface area contributed by atoms with Crippen LogP contribution in [-0.2, 0) is 11.3 Å². The van der Waals surface area contributed by atoms with Gasteiger partial charge in [-0.3, -0.25) is 4.79 Å². The molecule has 4 aromatic rings. The third kappa shape index (κ3) is 3.90. The van der Waals surface area contributed by atoms with Gasteiger partial charge in [-0.15, -0.1) is 34.0 Å². The number of aromatic nitrogens is 1. The van der Waals surface area contributed by atoms with Gasteiger partial charge in [0.2, 0.25) is 5.78 Å². The zero-order chi connectivity index (χ0) is 18.6. The molecule has 27 heavy (non-hydrogen) atoms. The molecule has 4 rings (SSSR count). The molecule has 3 heterocycles. The maximum absolute atomic E-state index is 12.6. The Morgan fingerprint density at radius 2 is 1.67 bits per heavy atom. The number of esters is 1. The van der Waals surface area contributed by atoms with E-state index in [0.717, 1.165) is 9.88 Å². The van der Waals surface area contributed by atoms with Crippen LogP contribution in [0.1, 0.15) is 31.3 Å². The number of ether oxygens (including phenoxy) is 1. The van der Waals surface area contributed by atoms with E-state index >= 15 is 0 Å². The largest absolute Gasteiger partial charge is 0.456 e. The molecule has 0 amide bonds. The number of rotatable bonds is 6. The van der Waals surface area contributed by atoms with Gasteiger partial charge in [0, 0.05) is 10.9 Å². The van der Waals surface area contributed by atoms with E-state index < -0.39 is 5.97 Å². The predicted molar refractivity (Wildman–Crippen MR) is 109 cm³/mol. The summed E-state index contributed by atoms with van der Waals surface area (Å²) < 4.78 is 5.41. The van der Waals surface area contributed by atoms with Gasteiger partial charge in [0.15, 0.2) is 0 Å². The number of ketones is 1. The van der Waals surface area contributed by atoms with E-state index in [1.807, 2.05) is 34.3 Å². The highest BCUT2D eigenvalue weighted by atomic mass is 32.1. The van der Waals surface area contributed by atoms with E-state index in [1.165, 1.54) is 22.7 Å². The third-order valence-corrected chi connectivity index (χ3v) is 6.57. The Kier molecular flexibility index (Phi) is 5.24. The van der Waals surface area contributed by atoms with E-state index in [1.54, 1.807) is 41.7 Å². The van der Waals surface area contributed by atoms with Gasteiger partial charge in [0.25, 0.3) is 0 Å². The lowest BCUT2D eigenvalue weighted by atomic mass is 10.0. The van der Waals surface area contributed by atoms with Crippen molar-refractivity contribution in [3.63, 3.8) is 0 Å². The number of benzene rings is 1. The minimum atomic E-state index is -0.527. The fourth-order valence-electron chi connectivity index (χ4n) is 2.50. The Balaban J connectivity index is 1.48. The van der Waals surface area contributed by atoms with E-state index in [0.29, 0.717) is 16.1 Å². The normalized spacial score (nSPS) is 10.7. The summed E-state index contributed by atoms with van der Waals surface area (Å²) in [5.41, 5.74) is 1.31. The maximum atomic E-state index is 12.6. The number of nitrogens with zero attached hydrogens (tertiary/aromatic N) is 1. The SMILES string of the molecule is O=C(OCc1csc(-c2cccs2)n1)c1ccccc1C(=O)c1cccs1. The van der Waals surface area contributed by atoms with Crippen molar-refractivity contribution in [1.82, 2.24) is 4.98 Å². The van der Waals surface area contributed by atoms with Crippen LogP contribution in [0, 0.1) is 0 Å². The highest BCUT2D eigenvalue weighted by Crippen LogP contribution is 2.28. The van der Waals surface area contributed by atoms with Gasteiger partial charge in [-0.2, -0.15) is 0 Å². The minimum absolute atomic E-state index is 0.0717. The first-order valence-corrected chi connectivity index (χ1v) is 10.7. The Hall–Kier alpha value is -2.61. The molecular formula is C20H13NO3S3. The van der Waals surface area contributed by atoms with Crippen LogP contribution in [0.2, 0.25) is 0 Å². The van der Waals surface area contributed by atoms with Gasteiger partial charge in [0.1, 0.15) is 11.6 Å². The molecule has 1 aromatic carbocycles. The average molecular weight is 412 g/mol. The van der Waals surface area contributed by atoms with Crippen molar-refractivity contribution in [2.75, 3.05) is 0 Å². The number of carbonyl (C=O) groups is 2. The number of thiophene rings is 2. The van der Waals surface area contributed by atoms with E-state index in [-0.39, 0.29) is 18.0 Å². The Morgan fingerprint density at radius 1 is 0.889 bits per heavy atom. The van der Waals surface area contributed by atoms with Gasteiger partial charge < -0.3 is 4.74 Å². The molecule has 0 aliphatic heterocycles. The molecule has 7 heteroatoms. The zero-order valence-electron chi connectivity index (χ0n) is 14.0. The molecule has 0 fully saturated rings. The topological polar surface area (TPSA) is 56.3 Å². The Morgan fingerprint density at radius 3 is 2.41 bits per heavy atom. The molecule has 3 aromatic heterocycles. The van der Waals surface area contributed by atoms with Crippen LogP contribution in [-0.4, -0.2) is 16.7 Å². The number of hydrogen-bond acceptors (Lipinski definition) is 7. The fraction of sp³-hybridized carbons (Fsp3) is 0.0500. The highest BCUT2D eigenvalue weighted by Gasteiger charge is 2.20. The van der Waals surface area contributed by atoms with E-state index in [2.05, 4.69) is 4.98 Å². The molecule has 0 aliphatic carbocycles. The van der Waals surface area contributed by atoms with Crippen molar-refractivity contribution >= 4 is 45.8 Å². The van der Waals surface area contributed by atoms with Crippen molar-refractivity contribution < 1.29 is 14.3 Å². The maximum Gasteiger partial charge on any atom is 0.339 e. The van der Waals surface area contributed by atoms with Crippen LogP contribution in [0.15, 0.2) is 64.7 Å². The van der Waals surface area contributed by atoms with Crippen molar-refractivity contribution in [2.24, 2.45) is 0 Å². The zero-order valence-corrected chi connectivity index (χ0v) is 16.4. The summed E-state index contributed by atoms with van der Waals surface area (Å²) in [4.78, 5) is 31.4. The molecule has 0 spiro atoms. The van der Waals surface area contributed by atoms with Crippen molar-refractivity contribution in [1.29, 1.82) is 0 Å². The lowest BCUT2D eigenvalue weighted by Crippen LogP contribution is -2.12. The van der Waals surface area contributed by atoms with Crippen LogP contribution >= 0.6 is 34.0 Å². The molecule has 0 bridgehead atoms. The molecule has 4 nitrogen and oxygen atoms in total. The summed E-state index contributed by atoms with van der Waals surface area (Å²) in [5.74, 6) is -0.702. The average Bonchev–Trinajstić information content (AvgIpc) is 3.47. The quantitative estimate of drug-likeness (QED) is 0.310. The van der Waals surface area contributed by atoms with Crippen LogP contribution in [0.4, 0.5) is 0 Å². The number of hydrogen-bond donors (Lipinski definition) is 0. The first kappa shape index (κ1) is 17.8. The minimum Gasteiger partial charge on any atom is -0.456 e. The Bertz CT molecular complexity index is 1070. The summed E-state index contributed by atoms with van der Waals surface area (Å²) in [7, 11) is 0. The smallest absolute Gasteiger partial charge is 0.339 e. The summed E-state index contributed by atoms with van der Waals surface area (Å²) >= 11 is 4.48. The monoisotopic (exact) mass is 411 g/mol. The first-order chi connectivity index (χ1) is 13.2. The molecule has 0 radical (unpaired) electrons. The van der Waals surface area contributed by atoms with Gasteiger partial charge >= 0.3 is 5.97 Å². The van der Waals surface area contributed by atoms with E-state index in [9.17, 15) is 9.59 Å². The van der Waals surface area contributed by atoms with Gasteiger partial charge in [0.05, 0.1) is 21.0 Å². The molecule has 0 atom stereocenters. The molecule has 0 N–H and O–H groups in total. The summed E-state index contributed by atoms with van der Waals surface area (Å²) in [6.07, 6.45) is 0. The molecule has 0 saturated heterocycles. The highest BCUT2D eigenvalue weighted by molar-refractivity contribution is 7.20. The van der Waals surface area contributed by atoms with Crippen molar-refractivity contribution in [3.05, 3.63) is 86.4 Å². The molecule has 0 aliphatic rings. The van der Waals surface area contributed by atoms with Crippen molar-refractivity contribution in [2.45, 2.75) is 6.61 Å². The van der Waals surface area contributed by atoms with Crippen molar-refractivity contribution in [3.8, 4) is 9.88 Å². The molecule has 0 unspecified atom stereocenters. The summed E-state index contributed by atoms with van der Waals surface area (Å²) in [6.45, 7) is 0.0717. The number of carbonyl (C=O) groups excluding carboxylic acids is 2. The van der Waals surface area contributed by atoms with Crippen LogP contribution in [0.25, 0.3) is 9.88 Å². The van der Waals surface area contributed by atoms with Gasteiger partial charge in [-0.25, -0.2) is 9.78 Å². The Labute approximate surface area is 167 Å².